The third-order valence-corrected chi connectivity index (χ3v) is 3.58. The smallest absolute Gasteiger partial charge is 0.347 e. The second kappa shape index (κ2) is 6.91. The molecule has 0 fully saturated rings. The van der Waals surface area contributed by atoms with Gasteiger partial charge in [0.1, 0.15) is 6.61 Å². The van der Waals surface area contributed by atoms with E-state index in [9.17, 15) is 9.59 Å². The number of nitrogens with zero attached hydrogens (tertiary/aromatic N) is 3. The van der Waals surface area contributed by atoms with Gasteiger partial charge in [-0.05, 0) is 33.6 Å². The lowest BCUT2D eigenvalue weighted by molar-refractivity contribution is -0.141. The lowest BCUT2D eigenvalue weighted by Crippen LogP contribution is -2.27. The summed E-state index contributed by atoms with van der Waals surface area (Å²) >= 11 is 9.05. The molecular formula is C13H13BrClN3O3. The Bertz CT molecular complexity index is 694. The summed E-state index contributed by atoms with van der Waals surface area (Å²) in [7, 11) is 0. The van der Waals surface area contributed by atoms with Crippen LogP contribution in [0, 0.1) is 0 Å². The van der Waals surface area contributed by atoms with Crippen molar-refractivity contribution >= 4 is 33.5 Å². The molecule has 0 amide bonds. The second-order valence-corrected chi connectivity index (χ2v) is 5.47. The molecule has 0 radical (unpaired) electrons. The summed E-state index contributed by atoms with van der Waals surface area (Å²) in [5.41, 5.74) is 0.641. The fraction of sp³-hybridized carbons (Fsp3) is 0.308. The Balaban J connectivity index is 2.13. The molecule has 0 spiro atoms. The zero-order valence-electron chi connectivity index (χ0n) is 11.3. The Kier molecular flexibility index (Phi) is 5.19. The number of hydrogen-bond donors (Lipinski definition) is 0. The second-order valence-electron chi connectivity index (χ2n) is 4.33. The van der Waals surface area contributed by atoms with E-state index in [-0.39, 0.29) is 24.8 Å². The highest BCUT2D eigenvalue weighted by atomic mass is 79.9. The molecule has 1 aromatic carbocycles. The van der Waals surface area contributed by atoms with Crippen LogP contribution in [0.3, 0.4) is 0 Å². The van der Waals surface area contributed by atoms with Crippen LogP contribution in [0.15, 0.2) is 33.8 Å². The van der Waals surface area contributed by atoms with Crippen molar-refractivity contribution in [2.24, 2.45) is 0 Å². The summed E-state index contributed by atoms with van der Waals surface area (Å²) in [4.78, 5) is 22.9. The molecule has 8 heteroatoms. The molecule has 6 nitrogen and oxygen atoms in total. The maximum Gasteiger partial charge on any atom is 0.347 e. The molecule has 0 saturated carbocycles. The third-order valence-electron chi connectivity index (χ3n) is 2.74. The first-order valence-corrected chi connectivity index (χ1v) is 7.35. The van der Waals surface area contributed by atoms with E-state index in [1.165, 1.54) is 16.2 Å². The molecule has 0 atom stereocenters. The molecule has 0 bridgehead atoms. The number of ether oxygens (including phenoxy) is 1. The molecule has 2 aromatic rings. The van der Waals surface area contributed by atoms with Gasteiger partial charge in [-0.15, -0.1) is 5.10 Å². The minimum Gasteiger partial charge on any atom is -0.464 e. The van der Waals surface area contributed by atoms with Crippen LogP contribution in [0.25, 0.3) is 0 Å². The molecule has 21 heavy (non-hydrogen) atoms. The van der Waals surface area contributed by atoms with Gasteiger partial charge >= 0.3 is 11.7 Å². The quantitative estimate of drug-likeness (QED) is 0.752. The first kappa shape index (κ1) is 15.8. The van der Waals surface area contributed by atoms with Crippen molar-refractivity contribution in [3.8, 4) is 0 Å². The van der Waals surface area contributed by atoms with Crippen molar-refractivity contribution in [3.63, 3.8) is 0 Å². The highest BCUT2D eigenvalue weighted by Gasteiger charge is 2.11. The van der Waals surface area contributed by atoms with Crippen molar-refractivity contribution in [2.45, 2.75) is 20.0 Å². The highest BCUT2D eigenvalue weighted by Crippen LogP contribution is 2.10. The van der Waals surface area contributed by atoms with Crippen LogP contribution < -0.4 is 5.69 Å². The Hall–Kier alpha value is -1.60. The van der Waals surface area contributed by atoms with Gasteiger partial charge in [-0.25, -0.2) is 9.48 Å². The molecule has 1 heterocycles. The number of esters is 1. The standard InChI is InChI=1S/C13H13BrClN3O3/c1-9(19)21-7-6-17-12(14)16-18(13(17)20)8-10-2-4-11(15)5-3-10/h2-5H,6-8H2,1H3. The SMILES string of the molecule is CC(=O)OCCn1c(Br)nn(Cc2ccc(Cl)cc2)c1=O. The van der Waals surface area contributed by atoms with Crippen LogP contribution >= 0.6 is 27.5 Å². The van der Waals surface area contributed by atoms with Crippen LogP contribution in [0.5, 0.6) is 0 Å². The van der Waals surface area contributed by atoms with Crippen LogP contribution in [-0.4, -0.2) is 26.9 Å². The Morgan fingerprint density at radius 1 is 1.38 bits per heavy atom. The third kappa shape index (κ3) is 4.18. The maximum absolute atomic E-state index is 12.2. The van der Waals surface area contributed by atoms with Crippen LogP contribution in [0.2, 0.25) is 5.02 Å². The predicted octanol–water partition coefficient (Wildman–Crippen LogP) is 2.07. The number of aromatic nitrogens is 3. The average Bonchev–Trinajstić information content (AvgIpc) is 2.68. The summed E-state index contributed by atoms with van der Waals surface area (Å²) in [6, 6.07) is 7.18. The van der Waals surface area contributed by atoms with Gasteiger partial charge in [0.15, 0.2) is 0 Å². The van der Waals surface area contributed by atoms with Crippen LogP contribution in [0.4, 0.5) is 0 Å². The van der Waals surface area contributed by atoms with Gasteiger partial charge in [0, 0.05) is 11.9 Å². The Labute approximate surface area is 134 Å². The lowest BCUT2D eigenvalue weighted by atomic mass is 10.2. The van der Waals surface area contributed by atoms with Gasteiger partial charge in [0.2, 0.25) is 4.73 Å². The van der Waals surface area contributed by atoms with E-state index in [0.29, 0.717) is 16.3 Å². The molecule has 2 rings (SSSR count). The summed E-state index contributed by atoms with van der Waals surface area (Å²) in [5, 5.41) is 4.77. The molecule has 112 valence electrons. The predicted molar refractivity (Wildman–Crippen MR) is 81.4 cm³/mol. The minimum atomic E-state index is -0.382. The fourth-order valence-electron chi connectivity index (χ4n) is 1.75. The molecule has 0 saturated heterocycles. The fourth-order valence-corrected chi connectivity index (χ4v) is 2.40. The summed E-state index contributed by atoms with van der Waals surface area (Å²) in [6.45, 7) is 2.04. The molecule has 0 unspecified atom stereocenters. The van der Waals surface area contributed by atoms with E-state index in [1.54, 1.807) is 12.1 Å². The molecule has 1 aromatic heterocycles. The van der Waals surface area contributed by atoms with Gasteiger partial charge in [-0.3, -0.25) is 9.36 Å². The van der Waals surface area contributed by atoms with E-state index in [1.807, 2.05) is 12.1 Å². The topological polar surface area (TPSA) is 66.1 Å². The van der Waals surface area contributed by atoms with Crippen molar-refractivity contribution < 1.29 is 9.53 Å². The van der Waals surface area contributed by atoms with Crippen LogP contribution in [-0.2, 0) is 22.6 Å². The van der Waals surface area contributed by atoms with Gasteiger partial charge in [0.05, 0.1) is 13.1 Å². The molecule has 0 aliphatic rings. The van der Waals surface area contributed by atoms with E-state index in [4.69, 9.17) is 16.3 Å². The normalized spacial score (nSPS) is 10.6. The van der Waals surface area contributed by atoms with Crippen molar-refractivity contribution in [1.82, 2.24) is 14.3 Å². The highest BCUT2D eigenvalue weighted by molar-refractivity contribution is 9.10. The molecule has 0 aliphatic heterocycles. The first-order valence-electron chi connectivity index (χ1n) is 6.18. The van der Waals surface area contributed by atoms with E-state index in [2.05, 4.69) is 21.0 Å². The van der Waals surface area contributed by atoms with Crippen molar-refractivity contribution in [2.75, 3.05) is 6.61 Å². The van der Waals surface area contributed by atoms with E-state index in [0.717, 1.165) is 5.56 Å². The zero-order chi connectivity index (χ0) is 15.4. The number of carbonyl (C=O) groups excluding carboxylic acids is 1. The number of hydrogen-bond acceptors (Lipinski definition) is 4. The first-order chi connectivity index (χ1) is 9.97. The van der Waals surface area contributed by atoms with Gasteiger partial charge in [-0.1, -0.05) is 23.7 Å². The molecule has 0 aliphatic carbocycles. The van der Waals surface area contributed by atoms with Gasteiger partial charge < -0.3 is 4.74 Å². The largest absolute Gasteiger partial charge is 0.464 e. The lowest BCUT2D eigenvalue weighted by Gasteiger charge is -2.02. The van der Waals surface area contributed by atoms with Crippen LogP contribution in [0.1, 0.15) is 12.5 Å². The zero-order valence-corrected chi connectivity index (χ0v) is 13.6. The van der Waals surface area contributed by atoms with Crippen molar-refractivity contribution in [1.29, 1.82) is 0 Å². The summed E-state index contributed by atoms with van der Waals surface area (Å²) in [5.74, 6) is -0.382. The number of benzene rings is 1. The molecular weight excluding hydrogens is 362 g/mol. The Morgan fingerprint density at radius 3 is 2.67 bits per heavy atom. The number of rotatable bonds is 5. The van der Waals surface area contributed by atoms with Gasteiger partial charge in [-0.2, -0.15) is 0 Å². The monoisotopic (exact) mass is 373 g/mol. The Morgan fingerprint density at radius 2 is 2.05 bits per heavy atom. The summed E-state index contributed by atoms with van der Waals surface area (Å²) in [6.07, 6.45) is 0. The van der Waals surface area contributed by atoms with E-state index < -0.39 is 0 Å². The number of carbonyl (C=O) groups is 1. The molecule has 0 N–H and O–H groups in total. The minimum absolute atomic E-state index is 0.125. The average molecular weight is 375 g/mol. The van der Waals surface area contributed by atoms with Crippen molar-refractivity contribution in [3.05, 3.63) is 50.1 Å². The number of halogens is 2. The van der Waals surface area contributed by atoms with E-state index >= 15 is 0 Å². The summed E-state index contributed by atoms with van der Waals surface area (Å²) < 4.78 is 7.96. The maximum atomic E-state index is 12.2. The van der Waals surface area contributed by atoms with Gasteiger partial charge in [0.25, 0.3) is 0 Å².